The number of primary amides is 1. The van der Waals surface area contributed by atoms with Gasteiger partial charge >= 0.3 is 6.03 Å². The number of urea groups is 1. The molecule has 1 aromatic heterocycles. The van der Waals surface area contributed by atoms with Gasteiger partial charge in [0.25, 0.3) is 5.91 Å². The number of pyridine rings is 1. The minimum Gasteiger partial charge on any atom is -0.351 e. The largest absolute Gasteiger partial charge is 0.351 e. The first kappa shape index (κ1) is 16.3. The summed E-state index contributed by atoms with van der Waals surface area (Å²) in [4.78, 5) is 30.2. The Labute approximate surface area is 151 Å². The van der Waals surface area contributed by atoms with Crippen LogP contribution in [0.5, 0.6) is 0 Å². The minimum absolute atomic E-state index is 0.0309. The van der Waals surface area contributed by atoms with Crippen LogP contribution in [0.3, 0.4) is 0 Å². The van der Waals surface area contributed by atoms with E-state index < -0.39 is 6.03 Å². The third kappa shape index (κ3) is 2.94. The molecular formula is C20H20N4O2. The van der Waals surface area contributed by atoms with Crippen molar-refractivity contribution in [2.75, 3.05) is 13.1 Å². The highest BCUT2D eigenvalue weighted by molar-refractivity contribution is 6.15. The molecule has 0 aliphatic carbocycles. The second-order valence-electron chi connectivity index (χ2n) is 6.62. The monoisotopic (exact) mass is 348 g/mol. The fourth-order valence-corrected chi connectivity index (χ4v) is 3.61. The molecule has 0 saturated carbocycles. The number of hydrogen-bond donors (Lipinski definition) is 2. The van der Waals surface area contributed by atoms with E-state index in [2.05, 4.69) is 10.3 Å². The summed E-state index contributed by atoms with van der Waals surface area (Å²) in [6.07, 6.45) is 3.11. The molecule has 3 aromatic rings. The Hall–Kier alpha value is -3.15. The lowest BCUT2D eigenvalue weighted by Crippen LogP contribution is -2.48. The standard InChI is InChI=1S/C20H20N4O2/c21-20(26)24-10-7-14(8-11-24)23-19(25)17-12-13-4-1-2-5-15(13)16-6-3-9-22-18(16)17/h1-6,9,12,14H,7-8,10-11H2,(H2,21,26)(H,23,25). The second kappa shape index (κ2) is 6.63. The van der Waals surface area contributed by atoms with Gasteiger partial charge in [-0.1, -0.05) is 30.3 Å². The van der Waals surface area contributed by atoms with Gasteiger partial charge in [-0.3, -0.25) is 9.78 Å². The van der Waals surface area contributed by atoms with Crippen LogP contribution >= 0.6 is 0 Å². The Bertz CT molecular complexity index is 993. The molecule has 26 heavy (non-hydrogen) atoms. The molecule has 3 amide bonds. The van der Waals surface area contributed by atoms with E-state index in [1.165, 1.54) is 0 Å². The van der Waals surface area contributed by atoms with E-state index in [-0.39, 0.29) is 11.9 Å². The van der Waals surface area contributed by atoms with Crippen molar-refractivity contribution in [3.8, 4) is 0 Å². The number of rotatable bonds is 2. The number of fused-ring (bicyclic) bond motifs is 3. The van der Waals surface area contributed by atoms with Gasteiger partial charge in [-0.15, -0.1) is 0 Å². The maximum Gasteiger partial charge on any atom is 0.314 e. The maximum absolute atomic E-state index is 12.9. The number of amides is 3. The normalized spacial score (nSPS) is 15.3. The highest BCUT2D eigenvalue weighted by atomic mass is 16.2. The zero-order valence-corrected chi connectivity index (χ0v) is 14.3. The number of nitrogens with zero attached hydrogens (tertiary/aromatic N) is 2. The lowest BCUT2D eigenvalue weighted by Gasteiger charge is -2.31. The van der Waals surface area contributed by atoms with Crippen molar-refractivity contribution in [3.63, 3.8) is 0 Å². The Kier molecular flexibility index (Phi) is 4.16. The summed E-state index contributed by atoms with van der Waals surface area (Å²) >= 11 is 0. The molecule has 1 fully saturated rings. The Morgan fingerprint density at radius 3 is 2.58 bits per heavy atom. The quantitative estimate of drug-likeness (QED) is 0.698. The molecule has 132 valence electrons. The predicted molar refractivity (Wildman–Crippen MR) is 101 cm³/mol. The van der Waals surface area contributed by atoms with E-state index in [4.69, 9.17) is 5.73 Å². The predicted octanol–water partition coefficient (Wildman–Crippen LogP) is 2.66. The Morgan fingerprint density at radius 1 is 1.08 bits per heavy atom. The van der Waals surface area contributed by atoms with Crippen molar-refractivity contribution in [2.24, 2.45) is 5.73 Å². The van der Waals surface area contributed by atoms with Gasteiger partial charge in [0.05, 0.1) is 11.1 Å². The number of carbonyl (C=O) groups is 2. The van der Waals surface area contributed by atoms with Crippen LogP contribution in [0, 0.1) is 0 Å². The zero-order chi connectivity index (χ0) is 18.1. The third-order valence-electron chi connectivity index (χ3n) is 5.00. The first-order valence-corrected chi connectivity index (χ1v) is 8.75. The average Bonchev–Trinajstić information content (AvgIpc) is 2.67. The van der Waals surface area contributed by atoms with E-state index in [9.17, 15) is 9.59 Å². The summed E-state index contributed by atoms with van der Waals surface area (Å²) in [6.45, 7) is 1.13. The molecule has 3 N–H and O–H groups in total. The smallest absolute Gasteiger partial charge is 0.314 e. The molecule has 1 saturated heterocycles. The summed E-state index contributed by atoms with van der Waals surface area (Å²) in [5.74, 6) is -0.128. The van der Waals surface area contributed by atoms with E-state index in [0.717, 1.165) is 16.2 Å². The lowest BCUT2D eigenvalue weighted by atomic mass is 9.99. The fraction of sp³-hybridized carbons (Fsp3) is 0.250. The van der Waals surface area contributed by atoms with Gasteiger partial charge in [-0.05, 0) is 35.7 Å². The number of nitrogens with one attached hydrogen (secondary N) is 1. The molecule has 4 rings (SSSR count). The molecule has 2 heterocycles. The fourth-order valence-electron chi connectivity index (χ4n) is 3.61. The minimum atomic E-state index is -0.403. The Balaban J connectivity index is 1.63. The second-order valence-corrected chi connectivity index (χ2v) is 6.62. The lowest BCUT2D eigenvalue weighted by molar-refractivity contribution is 0.0920. The molecule has 0 bridgehead atoms. The van der Waals surface area contributed by atoms with Gasteiger partial charge in [0.1, 0.15) is 0 Å². The number of piperidine rings is 1. The summed E-state index contributed by atoms with van der Waals surface area (Å²) in [5.41, 5.74) is 6.60. The van der Waals surface area contributed by atoms with E-state index in [1.807, 2.05) is 42.5 Å². The van der Waals surface area contributed by atoms with Crippen LogP contribution in [0.1, 0.15) is 23.2 Å². The van der Waals surface area contributed by atoms with Crippen LogP contribution in [0.15, 0.2) is 48.7 Å². The number of hydrogen-bond acceptors (Lipinski definition) is 3. The van der Waals surface area contributed by atoms with E-state index >= 15 is 0 Å². The van der Waals surface area contributed by atoms with Crippen LogP contribution in [-0.4, -0.2) is 41.0 Å². The highest BCUT2D eigenvalue weighted by Gasteiger charge is 2.24. The molecule has 1 aliphatic rings. The van der Waals surface area contributed by atoms with Crippen LogP contribution in [0.2, 0.25) is 0 Å². The molecule has 2 aromatic carbocycles. The molecule has 6 heteroatoms. The highest BCUT2D eigenvalue weighted by Crippen LogP contribution is 2.27. The summed E-state index contributed by atoms with van der Waals surface area (Å²) in [6, 6.07) is 13.4. The van der Waals surface area contributed by atoms with Gasteiger partial charge in [-0.25, -0.2) is 4.79 Å². The molecule has 1 aliphatic heterocycles. The molecule has 0 atom stereocenters. The van der Waals surface area contributed by atoms with E-state index in [0.29, 0.717) is 37.0 Å². The van der Waals surface area contributed by atoms with E-state index in [1.54, 1.807) is 11.1 Å². The van der Waals surface area contributed by atoms with Crippen molar-refractivity contribution in [1.82, 2.24) is 15.2 Å². The summed E-state index contributed by atoms with van der Waals surface area (Å²) in [7, 11) is 0. The van der Waals surface area contributed by atoms with Gasteiger partial charge in [0.15, 0.2) is 0 Å². The van der Waals surface area contributed by atoms with Crippen LogP contribution in [0.25, 0.3) is 21.7 Å². The van der Waals surface area contributed by atoms with Crippen molar-refractivity contribution in [2.45, 2.75) is 18.9 Å². The first-order chi connectivity index (χ1) is 12.6. The van der Waals surface area contributed by atoms with Crippen LogP contribution < -0.4 is 11.1 Å². The van der Waals surface area contributed by atoms with Crippen molar-refractivity contribution in [3.05, 3.63) is 54.2 Å². The number of benzene rings is 2. The summed E-state index contributed by atoms with van der Waals surface area (Å²) < 4.78 is 0. The zero-order valence-electron chi connectivity index (χ0n) is 14.3. The molecule has 0 spiro atoms. The number of nitrogens with two attached hydrogens (primary N) is 1. The van der Waals surface area contributed by atoms with Gasteiger partial charge < -0.3 is 16.0 Å². The molecule has 6 nitrogen and oxygen atoms in total. The van der Waals surface area contributed by atoms with Gasteiger partial charge in [-0.2, -0.15) is 0 Å². The first-order valence-electron chi connectivity index (χ1n) is 8.75. The van der Waals surface area contributed by atoms with Crippen molar-refractivity contribution >= 4 is 33.6 Å². The topological polar surface area (TPSA) is 88.3 Å². The van der Waals surface area contributed by atoms with Gasteiger partial charge in [0, 0.05) is 30.7 Å². The van der Waals surface area contributed by atoms with Crippen LogP contribution in [-0.2, 0) is 0 Å². The summed E-state index contributed by atoms with van der Waals surface area (Å²) in [5, 5.41) is 6.17. The molecular weight excluding hydrogens is 328 g/mol. The SMILES string of the molecule is NC(=O)N1CCC(NC(=O)c2cc3ccccc3c3cccnc23)CC1. The van der Waals surface area contributed by atoms with Crippen molar-refractivity contribution in [1.29, 1.82) is 0 Å². The average molecular weight is 348 g/mol. The molecule has 0 radical (unpaired) electrons. The van der Waals surface area contributed by atoms with Crippen molar-refractivity contribution < 1.29 is 9.59 Å². The number of likely N-dealkylation sites (tertiary alicyclic amines) is 1. The number of carbonyl (C=O) groups excluding carboxylic acids is 2. The third-order valence-corrected chi connectivity index (χ3v) is 5.00. The maximum atomic E-state index is 12.9. The van der Waals surface area contributed by atoms with Crippen LogP contribution in [0.4, 0.5) is 4.79 Å². The Morgan fingerprint density at radius 2 is 1.81 bits per heavy atom. The molecule has 0 unspecified atom stereocenters. The number of aromatic nitrogens is 1. The van der Waals surface area contributed by atoms with Gasteiger partial charge in [0.2, 0.25) is 0 Å².